The van der Waals surface area contributed by atoms with Crippen LogP contribution < -0.4 is 15.0 Å². The molecule has 0 aromatic heterocycles. The summed E-state index contributed by atoms with van der Waals surface area (Å²) in [5.41, 5.74) is 1.01. The minimum Gasteiger partial charge on any atom is -0.479 e. The third kappa shape index (κ3) is 4.52. The van der Waals surface area contributed by atoms with Crippen LogP contribution >= 0.6 is 0 Å². The molecule has 162 valence electrons. The van der Waals surface area contributed by atoms with E-state index in [2.05, 4.69) is 5.32 Å². The number of fused-ring (bicyclic) bond motifs is 1. The van der Waals surface area contributed by atoms with Crippen LogP contribution in [0, 0.1) is 5.82 Å². The molecule has 2 aromatic rings. The summed E-state index contributed by atoms with van der Waals surface area (Å²) >= 11 is 0. The lowest BCUT2D eigenvalue weighted by Crippen LogP contribution is -2.50. The van der Waals surface area contributed by atoms with Crippen LogP contribution in [-0.2, 0) is 9.59 Å². The van der Waals surface area contributed by atoms with Gasteiger partial charge in [-0.15, -0.1) is 0 Å². The van der Waals surface area contributed by atoms with E-state index in [1.807, 2.05) is 0 Å². The molecule has 7 nitrogen and oxygen atoms in total. The first-order chi connectivity index (χ1) is 14.9. The molecule has 1 N–H and O–H groups in total. The summed E-state index contributed by atoms with van der Waals surface area (Å²) in [4.78, 5) is 41.3. The van der Waals surface area contributed by atoms with Crippen molar-refractivity contribution >= 4 is 29.1 Å². The zero-order chi connectivity index (χ0) is 22.0. The number of hydrogen-bond acceptors (Lipinski definition) is 4. The van der Waals surface area contributed by atoms with Gasteiger partial charge in [0, 0.05) is 24.3 Å². The number of likely N-dealkylation sites (tertiary alicyclic amines) is 1. The predicted octanol–water partition coefficient (Wildman–Crippen LogP) is 3.20. The summed E-state index contributed by atoms with van der Waals surface area (Å²) in [6, 6.07) is 10.3. The molecule has 2 aromatic carbocycles. The Hall–Kier alpha value is -3.42. The standard InChI is InChI=1S/C23H24FN3O4/c1-15-23(30)27(14-21(28)26-10-3-2-4-11-26)19-13-18(8-9-20(19)31-15)25-22(29)16-6-5-7-17(24)12-16/h5-9,12-13,15H,2-4,10-11,14H2,1H3,(H,25,29). The molecule has 1 fully saturated rings. The maximum Gasteiger partial charge on any atom is 0.268 e. The van der Waals surface area contributed by atoms with Crippen LogP contribution in [0.4, 0.5) is 15.8 Å². The topological polar surface area (TPSA) is 79.0 Å². The van der Waals surface area contributed by atoms with Gasteiger partial charge in [-0.1, -0.05) is 6.07 Å². The number of carbonyl (C=O) groups excluding carboxylic acids is 3. The van der Waals surface area contributed by atoms with Crippen molar-refractivity contribution in [2.75, 3.05) is 29.9 Å². The number of anilines is 2. The normalized spacial score (nSPS) is 18.3. The largest absolute Gasteiger partial charge is 0.479 e. The number of amides is 3. The van der Waals surface area contributed by atoms with Crippen molar-refractivity contribution in [1.29, 1.82) is 0 Å². The first-order valence-electron chi connectivity index (χ1n) is 10.4. The second-order valence-corrected chi connectivity index (χ2v) is 7.77. The Labute approximate surface area is 179 Å². The van der Waals surface area contributed by atoms with Crippen molar-refractivity contribution in [3.63, 3.8) is 0 Å². The van der Waals surface area contributed by atoms with Crippen LogP contribution in [0.2, 0.25) is 0 Å². The number of hydrogen-bond donors (Lipinski definition) is 1. The number of ether oxygens (including phenoxy) is 1. The Bertz CT molecular complexity index is 1020. The Kier molecular flexibility index (Phi) is 5.88. The van der Waals surface area contributed by atoms with Crippen molar-refractivity contribution in [3.8, 4) is 5.75 Å². The predicted molar refractivity (Wildman–Crippen MR) is 114 cm³/mol. The van der Waals surface area contributed by atoms with Crippen molar-refractivity contribution < 1.29 is 23.5 Å². The molecule has 31 heavy (non-hydrogen) atoms. The van der Waals surface area contributed by atoms with Gasteiger partial charge < -0.3 is 15.0 Å². The van der Waals surface area contributed by atoms with Crippen LogP contribution in [0.1, 0.15) is 36.5 Å². The average Bonchev–Trinajstić information content (AvgIpc) is 2.77. The Morgan fingerprint density at radius 1 is 1.13 bits per heavy atom. The second kappa shape index (κ2) is 8.75. The molecule has 0 aliphatic carbocycles. The third-order valence-electron chi connectivity index (χ3n) is 5.51. The fourth-order valence-electron chi connectivity index (χ4n) is 3.86. The van der Waals surface area contributed by atoms with Gasteiger partial charge in [-0.2, -0.15) is 0 Å². The number of carbonyl (C=O) groups is 3. The average molecular weight is 425 g/mol. The second-order valence-electron chi connectivity index (χ2n) is 7.77. The monoisotopic (exact) mass is 425 g/mol. The zero-order valence-electron chi connectivity index (χ0n) is 17.3. The van der Waals surface area contributed by atoms with Crippen molar-refractivity contribution in [2.45, 2.75) is 32.3 Å². The van der Waals surface area contributed by atoms with Gasteiger partial charge in [0.2, 0.25) is 5.91 Å². The molecule has 0 bridgehead atoms. The summed E-state index contributed by atoms with van der Waals surface area (Å²) in [6.45, 7) is 2.96. The van der Waals surface area contributed by atoms with Gasteiger partial charge in [0.15, 0.2) is 6.10 Å². The molecule has 0 spiro atoms. The van der Waals surface area contributed by atoms with E-state index < -0.39 is 17.8 Å². The van der Waals surface area contributed by atoms with E-state index in [9.17, 15) is 18.8 Å². The number of nitrogens with one attached hydrogen (secondary N) is 1. The molecule has 1 unspecified atom stereocenters. The van der Waals surface area contributed by atoms with Crippen molar-refractivity contribution in [2.24, 2.45) is 0 Å². The van der Waals surface area contributed by atoms with Crippen LogP contribution in [-0.4, -0.2) is 48.4 Å². The Morgan fingerprint density at radius 3 is 2.65 bits per heavy atom. The summed E-state index contributed by atoms with van der Waals surface area (Å²) in [5.74, 6) is -0.948. The molecule has 1 saturated heterocycles. The maximum absolute atomic E-state index is 13.4. The Morgan fingerprint density at radius 2 is 1.90 bits per heavy atom. The molecule has 0 saturated carbocycles. The first kappa shape index (κ1) is 20.8. The van der Waals surface area contributed by atoms with Gasteiger partial charge in [-0.25, -0.2) is 4.39 Å². The van der Waals surface area contributed by atoms with E-state index in [0.717, 1.165) is 25.3 Å². The molecule has 2 heterocycles. The molecule has 1 atom stereocenters. The number of benzene rings is 2. The molecular weight excluding hydrogens is 401 g/mol. The molecule has 2 aliphatic heterocycles. The van der Waals surface area contributed by atoms with Gasteiger partial charge in [0.25, 0.3) is 11.8 Å². The van der Waals surface area contributed by atoms with Gasteiger partial charge in [0.1, 0.15) is 18.1 Å². The summed E-state index contributed by atoms with van der Waals surface area (Å²) in [5, 5.41) is 2.70. The van der Waals surface area contributed by atoms with Gasteiger partial charge in [0.05, 0.1) is 5.69 Å². The lowest BCUT2D eigenvalue weighted by molar-refractivity contribution is -0.133. The molecule has 3 amide bonds. The van der Waals surface area contributed by atoms with Crippen LogP contribution in [0.15, 0.2) is 42.5 Å². The quantitative estimate of drug-likeness (QED) is 0.816. The summed E-state index contributed by atoms with van der Waals surface area (Å²) in [7, 11) is 0. The van der Waals surface area contributed by atoms with Crippen molar-refractivity contribution in [3.05, 3.63) is 53.8 Å². The van der Waals surface area contributed by atoms with E-state index in [4.69, 9.17) is 4.74 Å². The van der Waals surface area contributed by atoms with E-state index >= 15 is 0 Å². The summed E-state index contributed by atoms with van der Waals surface area (Å²) < 4.78 is 19.1. The lowest BCUT2D eigenvalue weighted by atomic mass is 10.1. The number of piperidine rings is 1. The molecule has 2 aliphatic rings. The third-order valence-corrected chi connectivity index (χ3v) is 5.51. The number of halogens is 1. The van der Waals surface area contributed by atoms with Gasteiger partial charge in [-0.3, -0.25) is 19.3 Å². The summed E-state index contributed by atoms with van der Waals surface area (Å²) in [6.07, 6.45) is 2.32. The van der Waals surface area contributed by atoms with Gasteiger partial charge >= 0.3 is 0 Å². The van der Waals surface area contributed by atoms with E-state index in [0.29, 0.717) is 30.2 Å². The van der Waals surface area contributed by atoms with Crippen LogP contribution in [0.25, 0.3) is 0 Å². The van der Waals surface area contributed by atoms with Crippen LogP contribution in [0.3, 0.4) is 0 Å². The highest BCUT2D eigenvalue weighted by Crippen LogP contribution is 2.36. The fourth-order valence-corrected chi connectivity index (χ4v) is 3.86. The first-order valence-corrected chi connectivity index (χ1v) is 10.4. The van der Waals surface area contributed by atoms with Gasteiger partial charge in [-0.05, 0) is 62.6 Å². The number of nitrogens with zero attached hydrogens (tertiary/aromatic N) is 2. The highest BCUT2D eigenvalue weighted by Gasteiger charge is 2.34. The van der Waals surface area contributed by atoms with E-state index in [1.54, 1.807) is 30.0 Å². The minimum atomic E-state index is -0.714. The van der Waals surface area contributed by atoms with Crippen LogP contribution in [0.5, 0.6) is 5.75 Å². The SMILES string of the molecule is CC1Oc2ccc(NC(=O)c3cccc(F)c3)cc2N(CC(=O)N2CCCCC2)C1=O. The van der Waals surface area contributed by atoms with E-state index in [-0.39, 0.29) is 23.9 Å². The maximum atomic E-state index is 13.4. The fraction of sp³-hybridized carbons (Fsp3) is 0.348. The highest BCUT2D eigenvalue weighted by atomic mass is 19.1. The molecule has 4 rings (SSSR count). The zero-order valence-corrected chi connectivity index (χ0v) is 17.3. The van der Waals surface area contributed by atoms with E-state index in [1.165, 1.54) is 23.1 Å². The Balaban J connectivity index is 1.57. The smallest absolute Gasteiger partial charge is 0.268 e. The van der Waals surface area contributed by atoms with Crippen molar-refractivity contribution in [1.82, 2.24) is 4.90 Å². The molecule has 0 radical (unpaired) electrons. The number of rotatable bonds is 4. The lowest BCUT2D eigenvalue weighted by Gasteiger charge is -2.35. The molecular formula is C23H24FN3O4. The molecule has 8 heteroatoms. The highest BCUT2D eigenvalue weighted by molar-refractivity contribution is 6.07. The minimum absolute atomic E-state index is 0.0825.